The summed E-state index contributed by atoms with van der Waals surface area (Å²) >= 11 is 2.18. The molecule has 122 valence electrons. The minimum absolute atomic E-state index is 0.273. The van der Waals surface area contributed by atoms with Crippen molar-refractivity contribution >= 4 is 28.6 Å². The molecule has 2 aromatic rings. The van der Waals surface area contributed by atoms with E-state index < -0.39 is 12.2 Å². The van der Waals surface area contributed by atoms with Crippen molar-refractivity contribution in [3.05, 3.63) is 69.3 Å². The molecule has 0 aliphatic rings. The van der Waals surface area contributed by atoms with Crippen molar-refractivity contribution in [2.75, 3.05) is 0 Å². The standard InChI is InChI=1S/C19H21IO3/c1-2-17(19(22)15-10-6-7-11-16(15)20)23-18(21)13-12-14-8-4-3-5-9-14/h3-11,17,19,22H,2,12-13H2,1H3/t17-,19-/m0/s1. The summed E-state index contributed by atoms with van der Waals surface area (Å²) < 4.78 is 6.47. The number of esters is 1. The van der Waals surface area contributed by atoms with Crippen LogP contribution in [0.15, 0.2) is 54.6 Å². The summed E-state index contributed by atoms with van der Waals surface area (Å²) in [5.74, 6) is -0.273. The molecule has 0 aliphatic carbocycles. The summed E-state index contributed by atoms with van der Waals surface area (Å²) in [5, 5.41) is 10.5. The van der Waals surface area contributed by atoms with E-state index in [2.05, 4.69) is 22.6 Å². The maximum atomic E-state index is 12.1. The van der Waals surface area contributed by atoms with Crippen LogP contribution in [0.4, 0.5) is 0 Å². The second-order valence-corrected chi connectivity index (χ2v) is 6.55. The van der Waals surface area contributed by atoms with E-state index in [1.807, 2.05) is 61.5 Å². The molecular weight excluding hydrogens is 403 g/mol. The van der Waals surface area contributed by atoms with E-state index in [0.29, 0.717) is 19.3 Å². The number of ether oxygens (including phenoxy) is 1. The van der Waals surface area contributed by atoms with E-state index in [4.69, 9.17) is 4.74 Å². The largest absolute Gasteiger partial charge is 0.459 e. The Hall–Kier alpha value is -1.40. The van der Waals surface area contributed by atoms with Gasteiger partial charge in [-0.15, -0.1) is 0 Å². The highest BCUT2D eigenvalue weighted by atomic mass is 127. The summed E-state index contributed by atoms with van der Waals surface area (Å²) in [5.41, 5.74) is 1.91. The normalized spacial score (nSPS) is 13.3. The minimum atomic E-state index is -0.797. The van der Waals surface area contributed by atoms with Crippen molar-refractivity contribution in [2.45, 2.75) is 38.4 Å². The van der Waals surface area contributed by atoms with Crippen molar-refractivity contribution in [1.29, 1.82) is 0 Å². The number of carbonyl (C=O) groups excluding carboxylic acids is 1. The van der Waals surface area contributed by atoms with Crippen molar-refractivity contribution in [2.24, 2.45) is 0 Å². The van der Waals surface area contributed by atoms with Gasteiger partial charge in [0.05, 0.1) is 0 Å². The Balaban J connectivity index is 1.93. The van der Waals surface area contributed by atoms with Gasteiger partial charge in [-0.1, -0.05) is 55.5 Å². The predicted octanol–water partition coefficient (Wildman–Crippen LogP) is 4.28. The van der Waals surface area contributed by atoms with Gasteiger partial charge in [-0.2, -0.15) is 0 Å². The third kappa shape index (κ3) is 5.32. The Labute approximate surface area is 150 Å². The molecule has 23 heavy (non-hydrogen) atoms. The monoisotopic (exact) mass is 424 g/mol. The third-order valence-corrected chi connectivity index (χ3v) is 4.70. The van der Waals surface area contributed by atoms with Gasteiger partial charge in [0, 0.05) is 9.99 Å². The molecule has 0 radical (unpaired) electrons. The fourth-order valence-electron chi connectivity index (χ4n) is 2.41. The lowest BCUT2D eigenvalue weighted by atomic mass is 10.0. The van der Waals surface area contributed by atoms with Crippen LogP contribution in [0.5, 0.6) is 0 Å². The van der Waals surface area contributed by atoms with Gasteiger partial charge in [-0.25, -0.2) is 0 Å². The first-order valence-corrected chi connectivity index (χ1v) is 8.85. The second kappa shape index (κ2) is 9.03. The molecular formula is C19H21IO3. The first kappa shape index (κ1) is 17.9. The van der Waals surface area contributed by atoms with Gasteiger partial charge in [0.15, 0.2) is 0 Å². The predicted molar refractivity (Wildman–Crippen MR) is 99.1 cm³/mol. The van der Waals surface area contributed by atoms with E-state index in [1.165, 1.54) is 0 Å². The van der Waals surface area contributed by atoms with Crippen molar-refractivity contribution < 1.29 is 14.6 Å². The van der Waals surface area contributed by atoms with E-state index >= 15 is 0 Å². The van der Waals surface area contributed by atoms with E-state index in [0.717, 1.165) is 14.7 Å². The topological polar surface area (TPSA) is 46.5 Å². The highest BCUT2D eigenvalue weighted by Gasteiger charge is 2.24. The Morgan fingerprint density at radius 2 is 1.78 bits per heavy atom. The molecule has 2 aromatic carbocycles. The van der Waals surface area contributed by atoms with E-state index in [-0.39, 0.29) is 5.97 Å². The molecule has 0 spiro atoms. The molecule has 1 N–H and O–H groups in total. The maximum absolute atomic E-state index is 12.1. The fourth-order valence-corrected chi connectivity index (χ4v) is 3.11. The quantitative estimate of drug-likeness (QED) is 0.533. The molecule has 2 rings (SSSR count). The lowest BCUT2D eigenvalue weighted by Gasteiger charge is -2.23. The van der Waals surface area contributed by atoms with Crippen molar-refractivity contribution in [3.8, 4) is 0 Å². The zero-order valence-corrected chi connectivity index (χ0v) is 15.3. The number of carbonyl (C=O) groups is 1. The van der Waals surface area contributed by atoms with Crippen LogP contribution in [0.2, 0.25) is 0 Å². The molecule has 2 atom stereocenters. The van der Waals surface area contributed by atoms with Gasteiger partial charge in [-0.05, 0) is 52.6 Å². The minimum Gasteiger partial charge on any atom is -0.459 e. The molecule has 3 nitrogen and oxygen atoms in total. The molecule has 0 saturated carbocycles. The lowest BCUT2D eigenvalue weighted by Crippen LogP contribution is -2.25. The number of rotatable bonds is 7. The van der Waals surface area contributed by atoms with Gasteiger partial charge < -0.3 is 9.84 Å². The van der Waals surface area contributed by atoms with E-state index in [9.17, 15) is 9.90 Å². The molecule has 0 fully saturated rings. The summed E-state index contributed by atoms with van der Waals surface area (Å²) in [6.45, 7) is 1.91. The highest BCUT2D eigenvalue weighted by Crippen LogP contribution is 2.26. The van der Waals surface area contributed by atoms with Crippen LogP contribution in [-0.4, -0.2) is 17.2 Å². The molecule has 0 aromatic heterocycles. The Morgan fingerprint density at radius 1 is 1.13 bits per heavy atom. The first-order valence-electron chi connectivity index (χ1n) is 7.77. The van der Waals surface area contributed by atoms with Crippen LogP contribution in [0.1, 0.15) is 37.0 Å². The SMILES string of the molecule is CC[C@H](OC(=O)CCc1ccccc1)[C@@H](O)c1ccccc1I. The Bertz CT molecular complexity index is 628. The zero-order chi connectivity index (χ0) is 16.7. The number of hydrogen-bond acceptors (Lipinski definition) is 3. The van der Waals surface area contributed by atoms with Crippen molar-refractivity contribution in [1.82, 2.24) is 0 Å². The second-order valence-electron chi connectivity index (χ2n) is 5.39. The molecule has 0 bridgehead atoms. The van der Waals surface area contributed by atoms with Gasteiger partial charge in [0.1, 0.15) is 12.2 Å². The van der Waals surface area contributed by atoms with Crippen LogP contribution >= 0.6 is 22.6 Å². The van der Waals surface area contributed by atoms with Gasteiger partial charge >= 0.3 is 5.97 Å². The average molecular weight is 424 g/mol. The van der Waals surface area contributed by atoms with Crippen LogP contribution < -0.4 is 0 Å². The number of hydrogen-bond donors (Lipinski definition) is 1. The summed E-state index contributed by atoms with van der Waals surface area (Å²) in [7, 11) is 0. The number of benzene rings is 2. The first-order chi connectivity index (χ1) is 11.1. The third-order valence-electron chi connectivity index (χ3n) is 3.72. The maximum Gasteiger partial charge on any atom is 0.306 e. The fraction of sp³-hybridized carbons (Fsp3) is 0.316. The van der Waals surface area contributed by atoms with Crippen LogP contribution in [0.3, 0.4) is 0 Å². The molecule has 0 heterocycles. The smallest absolute Gasteiger partial charge is 0.306 e. The van der Waals surface area contributed by atoms with Gasteiger partial charge in [-0.3, -0.25) is 4.79 Å². The average Bonchev–Trinajstić information content (AvgIpc) is 2.58. The summed E-state index contributed by atoms with van der Waals surface area (Å²) in [6.07, 6.45) is 0.222. The molecule has 4 heteroatoms. The highest BCUT2D eigenvalue weighted by molar-refractivity contribution is 14.1. The summed E-state index contributed by atoms with van der Waals surface area (Å²) in [4.78, 5) is 12.1. The van der Waals surface area contributed by atoms with Crippen LogP contribution in [-0.2, 0) is 16.0 Å². The lowest BCUT2D eigenvalue weighted by molar-refractivity contribution is -0.155. The zero-order valence-electron chi connectivity index (χ0n) is 13.1. The van der Waals surface area contributed by atoms with Crippen LogP contribution in [0.25, 0.3) is 0 Å². The number of aryl methyl sites for hydroxylation is 1. The van der Waals surface area contributed by atoms with Gasteiger partial charge in [0.25, 0.3) is 0 Å². The van der Waals surface area contributed by atoms with Crippen molar-refractivity contribution in [3.63, 3.8) is 0 Å². The number of aliphatic hydroxyl groups is 1. The van der Waals surface area contributed by atoms with Gasteiger partial charge in [0.2, 0.25) is 0 Å². The Morgan fingerprint density at radius 3 is 2.43 bits per heavy atom. The number of aliphatic hydroxyl groups excluding tert-OH is 1. The van der Waals surface area contributed by atoms with E-state index in [1.54, 1.807) is 0 Å². The number of halogens is 1. The Kier molecular flexibility index (Phi) is 7.05. The molecule has 0 saturated heterocycles. The molecule has 0 unspecified atom stereocenters. The molecule has 0 amide bonds. The summed E-state index contributed by atoms with van der Waals surface area (Å²) in [6, 6.07) is 17.4. The van der Waals surface area contributed by atoms with Crippen LogP contribution in [0, 0.1) is 3.57 Å². The molecule has 0 aliphatic heterocycles.